The maximum Gasteiger partial charge on any atom is 0.337 e. The molecule has 0 heterocycles. The van der Waals surface area contributed by atoms with Gasteiger partial charge in [0.25, 0.3) is 0 Å². The third-order valence-corrected chi connectivity index (χ3v) is 4.96. The van der Waals surface area contributed by atoms with Crippen molar-refractivity contribution in [1.29, 1.82) is 0 Å². The van der Waals surface area contributed by atoms with Gasteiger partial charge in [-0.1, -0.05) is 18.5 Å². The smallest absolute Gasteiger partial charge is 0.337 e. The Morgan fingerprint density at radius 2 is 1.75 bits per heavy atom. The molecule has 0 bridgehead atoms. The van der Waals surface area contributed by atoms with E-state index in [0.29, 0.717) is 22.7 Å². The van der Waals surface area contributed by atoms with E-state index in [1.807, 2.05) is 19.1 Å². The Balaban J connectivity index is 2.00. The highest BCUT2D eigenvalue weighted by Crippen LogP contribution is 2.27. The number of thioether (sulfide) groups is 1. The molecule has 126 valence electrons. The van der Waals surface area contributed by atoms with Crippen molar-refractivity contribution in [3.63, 3.8) is 0 Å². The number of benzene rings is 2. The van der Waals surface area contributed by atoms with Crippen molar-refractivity contribution in [2.24, 2.45) is 0 Å². The van der Waals surface area contributed by atoms with Crippen LogP contribution in [-0.2, 0) is 9.53 Å². The van der Waals surface area contributed by atoms with Crippen molar-refractivity contribution in [1.82, 2.24) is 0 Å². The average molecular weight is 364 g/mol. The monoisotopic (exact) mass is 363 g/mol. The lowest BCUT2D eigenvalue weighted by Gasteiger charge is -2.15. The fourth-order valence-electron chi connectivity index (χ4n) is 2.03. The molecule has 4 nitrogen and oxygen atoms in total. The van der Waals surface area contributed by atoms with Crippen LogP contribution in [0.25, 0.3) is 0 Å². The minimum Gasteiger partial charge on any atom is -0.465 e. The molecule has 6 heteroatoms. The van der Waals surface area contributed by atoms with Crippen LogP contribution in [0.1, 0.15) is 23.7 Å². The Morgan fingerprint density at radius 3 is 2.29 bits per heavy atom. The molecule has 0 saturated heterocycles. The molecule has 2 rings (SSSR count). The van der Waals surface area contributed by atoms with Crippen LogP contribution in [0.2, 0.25) is 5.02 Å². The van der Waals surface area contributed by atoms with Crippen molar-refractivity contribution < 1.29 is 14.3 Å². The third kappa shape index (κ3) is 5.01. The second kappa shape index (κ2) is 8.76. The predicted octanol–water partition coefficient (Wildman–Crippen LogP) is 4.64. The summed E-state index contributed by atoms with van der Waals surface area (Å²) in [5.74, 6) is -0.485. The number of halogens is 1. The fraction of sp³-hybridized carbons (Fsp3) is 0.222. The second-order valence-electron chi connectivity index (χ2n) is 5.03. The number of amides is 1. The van der Waals surface area contributed by atoms with Crippen LogP contribution < -0.4 is 5.32 Å². The molecule has 0 aliphatic carbocycles. The van der Waals surface area contributed by atoms with Crippen LogP contribution in [0.5, 0.6) is 0 Å². The Morgan fingerprint density at radius 1 is 1.12 bits per heavy atom. The van der Waals surface area contributed by atoms with Crippen molar-refractivity contribution in [3.05, 3.63) is 59.1 Å². The lowest BCUT2D eigenvalue weighted by atomic mass is 10.2. The molecule has 24 heavy (non-hydrogen) atoms. The molecule has 0 aromatic heterocycles. The number of carbonyl (C=O) groups excluding carboxylic acids is 2. The molecule has 2 aromatic carbocycles. The summed E-state index contributed by atoms with van der Waals surface area (Å²) < 4.78 is 4.65. The lowest BCUT2D eigenvalue weighted by molar-refractivity contribution is -0.115. The van der Waals surface area contributed by atoms with Gasteiger partial charge in [-0.15, -0.1) is 11.8 Å². The number of methoxy groups -OCH3 is 1. The molecule has 0 saturated carbocycles. The fourth-order valence-corrected chi connectivity index (χ4v) is 3.11. The largest absolute Gasteiger partial charge is 0.465 e. The summed E-state index contributed by atoms with van der Waals surface area (Å²) in [5, 5.41) is 3.32. The molecule has 0 aliphatic rings. The zero-order chi connectivity index (χ0) is 17.5. The summed E-state index contributed by atoms with van der Waals surface area (Å²) in [6.07, 6.45) is 0.694. The van der Waals surface area contributed by atoms with E-state index in [2.05, 4.69) is 10.1 Å². The molecule has 0 aliphatic heterocycles. The second-order valence-corrected chi connectivity index (χ2v) is 6.74. The van der Waals surface area contributed by atoms with Gasteiger partial charge in [-0.3, -0.25) is 4.79 Å². The van der Waals surface area contributed by atoms with Crippen LogP contribution in [-0.4, -0.2) is 24.2 Å². The first-order valence-electron chi connectivity index (χ1n) is 7.45. The van der Waals surface area contributed by atoms with E-state index in [-0.39, 0.29) is 11.2 Å². The van der Waals surface area contributed by atoms with E-state index in [1.165, 1.54) is 18.9 Å². The summed E-state index contributed by atoms with van der Waals surface area (Å²) in [6, 6.07) is 14.0. The normalized spacial score (nSPS) is 11.6. The number of esters is 1. The van der Waals surface area contributed by atoms with Gasteiger partial charge in [0.1, 0.15) is 0 Å². The quantitative estimate of drug-likeness (QED) is 0.600. The molecular formula is C18H18ClNO3S. The summed E-state index contributed by atoms with van der Waals surface area (Å²) in [7, 11) is 1.33. The molecule has 1 N–H and O–H groups in total. The van der Waals surface area contributed by atoms with Crippen molar-refractivity contribution >= 4 is 40.9 Å². The minimum absolute atomic E-state index is 0.0803. The van der Waals surface area contributed by atoms with E-state index in [0.717, 1.165) is 4.90 Å². The predicted molar refractivity (Wildman–Crippen MR) is 97.8 cm³/mol. The molecule has 1 atom stereocenters. The SMILES string of the molecule is CCC(Sc1ccc(Cl)cc1)C(=O)Nc1ccc(C(=O)OC)cc1. The number of anilines is 1. The summed E-state index contributed by atoms with van der Waals surface area (Å²) >= 11 is 7.37. The molecule has 0 radical (unpaired) electrons. The molecule has 1 unspecified atom stereocenters. The van der Waals surface area contributed by atoms with Gasteiger partial charge < -0.3 is 10.1 Å². The first-order valence-corrected chi connectivity index (χ1v) is 8.70. The number of hydrogen-bond donors (Lipinski definition) is 1. The van der Waals surface area contributed by atoms with Crippen LogP contribution >= 0.6 is 23.4 Å². The van der Waals surface area contributed by atoms with Crippen molar-refractivity contribution in [2.75, 3.05) is 12.4 Å². The highest BCUT2D eigenvalue weighted by Gasteiger charge is 2.18. The zero-order valence-corrected chi connectivity index (χ0v) is 15.0. The Bertz CT molecular complexity index is 701. The van der Waals surface area contributed by atoms with Gasteiger partial charge in [-0.2, -0.15) is 0 Å². The number of rotatable bonds is 6. The number of ether oxygens (including phenoxy) is 1. The molecular weight excluding hydrogens is 346 g/mol. The standard InChI is InChI=1S/C18H18ClNO3S/c1-3-16(24-15-10-6-13(19)7-11-15)17(21)20-14-8-4-12(5-9-14)18(22)23-2/h4-11,16H,3H2,1-2H3,(H,20,21). The van der Waals surface area contributed by atoms with E-state index < -0.39 is 5.97 Å². The molecule has 1 amide bonds. The molecule has 0 spiro atoms. The Kier molecular flexibility index (Phi) is 6.70. The van der Waals surface area contributed by atoms with E-state index in [4.69, 9.17) is 11.6 Å². The highest BCUT2D eigenvalue weighted by atomic mass is 35.5. The minimum atomic E-state index is -0.405. The van der Waals surface area contributed by atoms with Crippen LogP contribution in [0.3, 0.4) is 0 Å². The van der Waals surface area contributed by atoms with Gasteiger partial charge in [-0.25, -0.2) is 4.79 Å². The van der Waals surface area contributed by atoms with Gasteiger partial charge in [0.2, 0.25) is 5.91 Å². The zero-order valence-electron chi connectivity index (χ0n) is 13.4. The third-order valence-electron chi connectivity index (χ3n) is 3.33. The summed E-state index contributed by atoms with van der Waals surface area (Å²) in [4.78, 5) is 24.8. The van der Waals surface area contributed by atoms with Crippen molar-refractivity contribution in [2.45, 2.75) is 23.5 Å². The lowest BCUT2D eigenvalue weighted by Crippen LogP contribution is -2.24. The summed E-state index contributed by atoms with van der Waals surface area (Å²) in [5.41, 5.74) is 1.08. The first kappa shape index (κ1) is 18.4. The van der Waals surface area contributed by atoms with Gasteiger partial charge in [-0.05, 0) is 55.0 Å². The number of nitrogens with one attached hydrogen (secondary N) is 1. The maximum atomic E-state index is 12.4. The van der Waals surface area contributed by atoms with Crippen molar-refractivity contribution in [3.8, 4) is 0 Å². The van der Waals surface area contributed by atoms with Crippen LogP contribution in [0.15, 0.2) is 53.4 Å². The van der Waals surface area contributed by atoms with Crippen LogP contribution in [0, 0.1) is 0 Å². The van der Waals surface area contributed by atoms with E-state index in [9.17, 15) is 9.59 Å². The summed E-state index contributed by atoms with van der Waals surface area (Å²) in [6.45, 7) is 1.97. The van der Waals surface area contributed by atoms with E-state index in [1.54, 1.807) is 36.4 Å². The number of hydrogen-bond acceptors (Lipinski definition) is 4. The Labute approximate surface area is 150 Å². The number of carbonyl (C=O) groups is 2. The maximum absolute atomic E-state index is 12.4. The molecule has 2 aromatic rings. The van der Waals surface area contributed by atoms with Gasteiger partial charge in [0.05, 0.1) is 17.9 Å². The topological polar surface area (TPSA) is 55.4 Å². The van der Waals surface area contributed by atoms with Gasteiger partial charge in [0.15, 0.2) is 0 Å². The van der Waals surface area contributed by atoms with Gasteiger partial charge in [0, 0.05) is 15.6 Å². The van der Waals surface area contributed by atoms with E-state index >= 15 is 0 Å². The Hall–Kier alpha value is -1.98. The van der Waals surface area contributed by atoms with Gasteiger partial charge >= 0.3 is 5.97 Å². The van der Waals surface area contributed by atoms with Crippen LogP contribution in [0.4, 0.5) is 5.69 Å². The first-order chi connectivity index (χ1) is 11.5. The highest BCUT2D eigenvalue weighted by molar-refractivity contribution is 8.00. The molecule has 0 fully saturated rings. The average Bonchev–Trinajstić information content (AvgIpc) is 2.61.